The molecule has 3 aromatic rings. The largest absolute Gasteiger partial charge is 0.445 e. The van der Waals surface area contributed by atoms with Crippen molar-refractivity contribution in [1.29, 1.82) is 0 Å². The number of carbonyl (C=O) groups excluding carboxylic acids is 4. The van der Waals surface area contributed by atoms with E-state index in [9.17, 15) is 19.2 Å². The van der Waals surface area contributed by atoms with Gasteiger partial charge in [0, 0.05) is 19.4 Å². The van der Waals surface area contributed by atoms with E-state index < -0.39 is 36.0 Å². The highest BCUT2D eigenvalue weighted by atomic mass is 16.5. The second-order valence-corrected chi connectivity index (χ2v) is 9.01. The first-order valence-electron chi connectivity index (χ1n) is 12.4. The first kappa shape index (κ1) is 26.4. The van der Waals surface area contributed by atoms with Gasteiger partial charge in [0.15, 0.2) is 0 Å². The van der Waals surface area contributed by atoms with Crippen LogP contribution in [-0.4, -0.2) is 48.5 Å². The summed E-state index contributed by atoms with van der Waals surface area (Å²) < 4.78 is 5.33. The molecule has 4 amide bonds. The first-order chi connectivity index (χ1) is 18.5. The lowest BCUT2D eigenvalue weighted by molar-refractivity contribution is -0.135. The van der Waals surface area contributed by atoms with Crippen LogP contribution in [0.25, 0.3) is 0 Å². The minimum Gasteiger partial charge on any atom is -0.445 e. The van der Waals surface area contributed by atoms with E-state index in [1.54, 1.807) is 0 Å². The first-order valence-corrected chi connectivity index (χ1v) is 12.4. The maximum Gasteiger partial charge on any atom is 0.408 e. The Morgan fingerprint density at radius 3 is 1.71 bits per heavy atom. The zero-order valence-electron chi connectivity index (χ0n) is 20.8. The van der Waals surface area contributed by atoms with E-state index in [0.717, 1.165) is 16.7 Å². The molecule has 1 aliphatic rings. The maximum absolute atomic E-state index is 13.5. The van der Waals surface area contributed by atoms with Gasteiger partial charge in [-0.25, -0.2) is 4.79 Å². The summed E-state index contributed by atoms with van der Waals surface area (Å²) in [5.74, 6) is -1.29. The van der Waals surface area contributed by atoms with Crippen molar-refractivity contribution in [3.63, 3.8) is 0 Å². The van der Waals surface area contributed by atoms with Crippen LogP contribution in [0.4, 0.5) is 4.79 Å². The highest BCUT2D eigenvalue weighted by Crippen LogP contribution is 2.09. The van der Waals surface area contributed by atoms with Gasteiger partial charge >= 0.3 is 6.09 Å². The summed E-state index contributed by atoms with van der Waals surface area (Å²) in [6.45, 7) is 0.386. The molecule has 0 bridgehead atoms. The number of β-lactam (4-membered cyclic amide) rings is 1. The summed E-state index contributed by atoms with van der Waals surface area (Å²) >= 11 is 0. The van der Waals surface area contributed by atoms with Crippen LogP contribution in [0, 0.1) is 0 Å². The lowest BCUT2D eigenvalue weighted by Gasteiger charge is -2.29. The van der Waals surface area contributed by atoms with Gasteiger partial charge in [0.1, 0.15) is 24.7 Å². The number of nitrogens with one attached hydrogen (secondary N) is 4. The van der Waals surface area contributed by atoms with E-state index in [2.05, 4.69) is 21.3 Å². The molecule has 4 N–H and O–H groups in total. The monoisotopic (exact) mass is 514 g/mol. The summed E-state index contributed by atoms with van der Waals surface area (Å²) in [4.78, 5) is 50.8. The van der Waals surface area contributed by atoms with Crippen molar-refractivity contribution < 1.29 is 23.9 Å². The van der Waals surface area contributed by atoms with Crippen molar-refractivity contribution in [1.82, 2.24) is 21.3 Å². The molecule has 3 atom stereocenters. The van der Waals surface area contributed by atoms with Crippen molar-refractivity contribution in [2.24, 2.45) is 0 Å². The van der Waals surface area contributed by atoms with Crippen LogP contribution in [0.5, 0.6) is 0 Å². The Kier molecular flexibility index (Phi) is 9.07. The van der Waals surface area contributed by atoms with E-state index in [0.29, 0.717) is 6.54 Å². The molecule has 0 unspecified atom stereocenters. The molecule has 0 radical (unpaired) electrons. The van der Waals surface area contributed by atoms with Gasteiger partial charge in [0.2, 0.25) is 17.7 Å². The molecule has 0 aromatic heterocycles. The molecular weight excluding hydrogens is 484 g/mol. The number of benzene rings is 3. The fourth-order valence-corrected chi connectivity index (χ4v) is 3.97. The number of alkyl carbamates (subject to hydrolysis) is 1. The van der Waals surface area contributed by atoms with Crippen LogP contribution in [0.2, 0.25) is 0 Å². The summed E-state index contributed by atoms with van der Waals surface area (Å²) in [7, 11) is 0. The van der Waals surface area contributed by atoms with Crippen molar-refractivity contribution in [3.05, 3.63) is 108 Å². The number of ether oxygens (including phenoxy) is 1. The third kappa shape index (κ3) is 7.67. The smallest absolute Gasteiger partial charge is 0.408 e. The second-order valence-electron chi connectivity index (χ2n) is 9.01. The van der Waals surface area contributed by atoms with Crippen LogP contribution >= 0.6 is 0 Å². The molecular formula is C29H30N4O5. The highest BCUT2D eigenvalue weighted by Gasteiger charge is 2.33. The van der Waals surface area contributed by atoms with Crippen LogP contribution in [-0.2, 0) is 38.6 Å². The van der Waals surface area contributed by atoms with Crippen LogP contribution in [0.15, 0.2) is 91.0 Å². The second kappa shape index (κ2) is 13.0. The van der Waals surface area contributed by atoms with Gasteiger partial charge in [-0.1, -0.05) is 91.0 Å². The van der Waals surface area contributed by atoms with Crippen molar-refractivity contribution in [3.8, 4) is 0 Å². The fourth-order valence-electron chi connectivity index (χ4n) is 3.97. The molecule has 0 aliphatic carbocycles. The zero-order valence-corrected chi connectivity index (χ0v) is 20.8. The quantitative estimate of drug-likeness (QED) is 0.291. The Morgan fingerprint density at radius 1 is 0.737 bits per heavy atom. The highest BCUT2D eigenvalue weighted by molar-refractivity contribution is 5.96. The summed E-state index contributed by atoms with van der Waals surface area (Å²) in [6, 6.07) is 25.1. The molecule has 1 aliphatic heterocycles. The average molecular weight is 515 g/mol. The van der Waals surface area contributed by atoms with Crippen LogP contribution < -0.4 is 21.3 Å². The minimum atomic E-state index is -1.00. The predicted molar refractivity (Wildman–Crippen MR) is 141 cm³/mol. The standard InChI is InChI=1S/C29H30N4O5/c34-26-25(18-30-26)32-27(35)23(16-20-10-4-1-5-11-20)31-28(36)24(17-21-12-6-2-7-13-21)33-29(37)38-19-22-14-8-3-9-15-22/h1-15,23-25H,16-19H2,(H,30,34)(H,31,36)(H,32,35)(H,33,37)/t23-,24-,25-/m0/s1. The van der Waals surface area contributed by atoms with Gasteiger partial charge < -0.3 is 26.0 Å². The number of carbonyl (C=O) groups is 4. The Labute approximate surface area is 221 Å². The zero-order chi connectivity index (χ0) is 26.7. The minimum absolute atomic E-state index is 0.0504. The van der Waals surface area contributed by atoms with Gasteiger partial charge in [-0.05, 0) is 16.7 Å². The van der Waals surface area contributed by atoms with E-state index in [-0.39, 0.29) is 25.4 Å². The van der Waals surface area contributed by atoms with E-state index in [1.807, 2.05) is 91.0 Å². The molecule has 9 nitrogen and oxygen atoms in total. The molecule has 4 rings (SSSR count). The summed E-state index contributed by atoms with van der Waals surface area (Å²) in [5.41, 5.74) is 2.47. The average Bonchev–Trinajstić information content (AvgIpc) is 2.94. The topological polar surface area (TPSA) is 126 Å². The molecule has 0 saturated carbocycles. The third-order valence-corrected chi connectivity index (χ3v) is 6.13. The molecule has 3 aromatic carbocycles. The molecule has 0 spiro atoms. The number of amides is 4. The normalized spacial score (nSPS) is 15.7. The van der Waals surface area contributed by atoms with Crippen LogP contribution in [0.3, 0.4) is 0 Å². The lowest BCUT2D eigenvalue weighted by Crippen LogP contribution is -2.65. The van der Waals surface area contributed by atoms with Gasteiger partial charge in [0.05, 0.1) is 0 Å². The number of hydrogen-bond acceptors (Lipinski definition) is 5. The molecule has 1 saturated heterocycles. The number of rotatable bonds is 11. The summed E-state index contributed by atoms with van der Waals surface area (Å²) in [5, 5.41) is 10.7. The number of hydrogen-bond donors (Lipinski definition) is 4. The Balaban J connectivity index is 1.46. The third-order valence-electron chi connectivity index (χ3n) is 6.13. The van der Waals surface area contributed by atoms with E-state index in [1.165, 1.54) is 0 Å². The fraction of sp³-hybridized carbons (Fsp3) is 0.241. The van der Waals surface area contributed by atoms with Crippen molar-refractivity contribution >= 4 is 23.8 Å². The van der Waals surface area contributed by atoms with Gasteiger partial charge in [-0.3, -0.25) is 14.4 Å². The van der Waals surface area contributed by atoms with Gasteiger partial charge in [0.25, 0.3) is 0 Å². The lowest BCUT2D eigenvalue weighted by atomic mass is 10.0. The predicted octanol–water partition coefficient (Wildman–Crippen LogP) is 1.87. The molecule has 196 valence electrons. The molecule has 9 heteroatoms. The summed E-state index contributed by atoms with van der Waals surface area (Å²) in [6.07, 6.45) is -0.346. The Hall–Kier alpha value is -4.66. The van der Waals surface area contributed by atoms with E-state index >= 15 is 0 Å². The van der Waals surface area contributed by atoms with E-state index in [4.69, 9.17) is 4.74 Å². The maximum atomic E-state index is 13.5. The molecule has 1 heterocycles. The molecule has 38 heavy (non-hydrogen) atoms. The van der Waals surface area contributed by atoms with Gasteiger partial charge in [-0.2, -0.15) is 0 Å². The SMILES string of the molecule is O=C(N[C@@H](Cc1ccccc1)C(=O)N[C@@H](Cc1ccccc1)C(=O)N[C@H]1CNC1=O)OCc1ccccc1. The van der Waals surface area contributed by atoms with Crippen molar-refractivity contribution in [2.75, 3.05) is 6.54 Å². The molecule has 1 fully saturated rings. The van der Waals surface area contributed by atoms with Gasteiger partial charge in [-0.15, -0.1) is 0 Å². The van der Waals surface area contributed by atoms with Crippen LogP contribution in [0.1, 0.15) is 16.7 Å². The van der Waals surface area contributed by atoms with Crippen molar-refractivity contribution in [2.45, 2.75) is 37.6 Å². The Bertz CT molecular complexity index is 1240. The Morgan fingerprint density at radius 2 is 1.24 bits per heavy atom.